The van der Waals surface area contributed by atoms with Crippen LogP contribution >= 0.6 is 0 Å². The second-order valence-electron chi connectivity index (χ2n) is 5.85. The van der Waals surface area contributed by atoms with Crippen LogP contribution in [0.4, 0.5) is 0 Å². The molecule has 2 rings (SSSR count). The van der Waals surface area contributed by atoms with Crippen molar-refractivity contribution >= 4 is 30.3 Å². The van der Waals surface area contributed by atoms with Crippen molar-refractivity contribution in [3.8, 4) is 11.5 Å². The molecule has 0 atom stereocenters. The Kier molecular flexibility index (Phi) is 8.94. The molecule has 0 aliphatic carbocycles. The van der Waals surface area contributed by atoms with E-state index < -0.39 is 0 Å². The third-order valence-corrected chi connectivity index (χ3v) is 3.76. The molecule has 0 aliphatic heterocycles. The van der Waals surface area contributed by atoms with Gasteiger partial charge in [0.25, 0.3) is 0 Å². The van der Waals surface area contributed by atoms with E-state index in [1.807, 2.05) is 72.8 Å². The summed E-state index contributed by atoms with van der Waals surface area (Å²) in [6, 6.07) is 15.5. The van der Waals surface area contributed by atoms with Gasteiger partial charge in [0.1, 0.15) is 11.5 Å². The van der Waals surface area contributed by atoms with Gasteiger partial charge in [-0.15, -0.1) is 0 Å². The second kappa shape index (κ2) is 12.0. The van der Waals surface area contributed by atoms with E-state index >= 15 is 0 Å². The molecule has 144 valence electrons. The first kappa shape index (κ1) is 20.8. The Morgan fingerprint density at radius 1 is 0.750 bits per heavy atom. The van der Waals surface area contributed by atoms with Crippen LogP contribution < -0.4 is 9.47 Å². The van der Waals surface area contributed by atoms with E-state index in [0.717, 1.165) is 22.6 Å². The van der Waals surface area contributed by atoms with Crippen molar-refractivity contribution in [2.75, 3.05) is 27.3 Å². The number of allylic oxidation sites excluding steroid dienone is 2. The molecule has 0 amide bonds. The molecule has 0 bridgehead atoms. The molecule has 0 heterocycles. The number of hydrogen-bond acceptors (Lipinski definition) is 5. The average Bonchev–Trinajstić information content (AvgIpc) is 2.74. The molecule has 0 aromatic heterocycles. The van der Waals surface area contributed by atoms with Crippen LogP contribution in [0.1, 0.15) is 11.1 Å². The molecule has 5 nitrogen and oxygen atoms in total. The number of rotatable bonds is 10. The fraction of sp³-hybridized carbons (Fsp3) is 0.174. The zero-order valence-electron chi connectivity index (χ0n) is 16.2. The van der Waals surface area contributed by atoms with Gasteiger partial charge in [0.15, 0.2) is 0 Å². The number of aliphatic imine (C=N–C) groups is 2. The zero-order valence-corrected chi connectivity index (χ0v) is 16.2. The first-order chi connectivity index (χ1) is 13.7. The van der Waals surface area contributed by atoms with Gasteiger partial charge >= 0.3 is 0 Å². The van der Waals surface area contributed by atoms with E-state index in [2.05, 4.69) is 9.98 Å². The summed E-state index contributed by atoms with van der Waals surface area (Å²) in [5, 5.41) is 7.87. The lowest BCUT2D eigenvalue weighted by Crippen LogP contribution is -2.05. The monoisotopic (exact) mass is 375 g/mol. The summed E-state index contributed by atoms with van der Waals surface area (Å²) < 4.78 is 10.2. The van der Waals surface area contributed by atoms with Crippen LogP contribution in [0.25, 0.3) is 12.2 Å². The quantitative estimate of drug-likeness (QED) is 0.617. The van der Waals surface area contributed by atoms with Crippen molar-refractivity contribution < 1.29 is 9.47 Å². The summed E-state index contributed by atoms with van der Waals surface area (Å²) in [5.41, 5.74) is 2.59. The molecule has 0 spiro atoms. The molecular weight excluding hydrogens is 350 g/mol. The summed E-state index contributed by atoms with van der Waals surface area (Å²) in [5.74, 6) is 1.66. The third-order valence-electron chi connectivity index (χ3n) is 3.76. The number of ether oxygens (including phenoxy) is 2. The summed E-state index contributed by atoms with van der Waals surface area (Å²) >= 11 is 0. The number of benzene rings is 2. The van der Waals surface area contributed by atoms with Crippen LogP contribution in [0.5, 0.6) is 11.5 Å². The van der Waals surface area contributed by atoms with Gasteiger partial charge < -0.3 is 14.9 Å². The smallest absolute Gasteiger partial charge is 0.118 e. The molecule has 0 aliphatic rings. The van der Waals surface area contributed by atoms with Gasteiger partial charge in [-0.1, -0.05) is 36.4 Å². The Morgan fingerprint density at radius 2 is 1.14 bits per heavy atom. The Labute approximate surface area is 166 Å². The van der Waals surface area contributed by atoms with E-state index in [1.165, 1.54) is 0 Å². The highest BCUT2D eigenvalue weighted by molar-refractivity contribution is 5.89. The van der Waals surface area contributed by atoms with E-state index in [-0.39, 0.29) is 0 Å². The summed E-state index contributed by atoms with van der Waals surface area (Å²) in [6.45, 7) is 0.680. The highest BCUT2D eigenvalue weighted by Gasteiger charge is 1.92. The normalized spacial score (nSPS) is 11.8. The maximum absolute atomic E-state index is 7.87. The van der Waals surface area contributed by atoms with Crippen molar-refractivity contribution in [2.24, 2.45) is 9.98 Å². The average molecular weight is 375 g/mol. The molecule has 5 heteroatoms. The lowest BCUT2D eigenvalue weighted by molar-refractivity contribution is 0.414. The predicted octanol–water partition coefficient (Wildman–Crippen LogP) is 4.59. The molecule has 2 aromatic rings. The second-order valence-corrected chi connectivity index (χ2v) is 5.85. The minimum absolute atomic E-state index is 0.340. The molecule has 2 aromatic carbocycles. The molecule has 0 saturated carbocycles. The molecule has 1 N–H and O–H groups in total. The third kappa shape index (κ3) is 7.83. The Bertz CT molecular complexity index is 777. The largest absolute Gasteiger partial charge is 0.497 e. The molecular formula is C23H25N3O2. The van der Waals surface area contributed by atoms with E-state index in [9.17, 15) is 0 Å². The van der Waals surface area contributed by atoms with Gasteiger partial charge in [0, 0.05) is 12.4 Å². The summed E-state index contributed by atoms with van der Waals surface area (Å²) in [4.78, 5) is 8.44. The fourth-order valence-electron chi connectivity index (χ4n) is 2.24. The number of nitrogens with one attached hydrogen (secondary N) is 1. The minimum atomic E-state index is 0.340. The summed E-state index contributed by atoms with van der Waals surface area (Å²) in [7, 11) is 3.29. The molecule has 0 radical (unpaired) electrons. The fourth-order valence-corrected chi connectivity index (χ4v) is 2.24. The lowest BCUT2D eigenvalue weighted by atomic mass is 10.2. The zero-order chi connectivity index (χ0) is 20.0. The maximum Gasteiger partial charge on any atom is 0.118 e. The van der Waals surface area contributed by atoms with E-state index in [4.69, 9.17) is 14.9 Å². The van der Waals surface area contributed by atoms with Crippen molar-refractivity contribution in [3.63, 3.8) is 0 Å². The SMILES string of the molecule is COc1ccc(/C=C/C=NCC(=N)CN=C/C=C/c2ccc(OC)cc2)cc1. The first-order valence-electron chi connectivity index (χ1n) is 8.88. The van der Waals surface area contributed by atoms with Crippen molar-refractivity contribution in [2.45, 2.75) is 0 Å². The van der Waals surface area contributed by atoms with Gasteiger partial charge in [0.05, 0.1) is 33.0 Å². The predicted molar refractivity (Wildman–Crippen MR) is 119 cm³/mol. The molecule has 0 saturated heterocycles. The van der Waals surface area contributed by atoms with Crippen LogP contribution in [0.2, 0.25) is 0 Å². The van der Waals surface area contributed by atoms with Crippen LogP contribution in [-0.2, 0) is 0 Å². The van der Waals surface area contributed by atoms with Gasteiger partial charge in [-0.25, -0.2) is 0 Å². The first-order valence-corrected chi connectivity index (χ1v) is 8.88. The van der Waals surface area contributed by atoms with Crippen molar-refractivity contribution in [1.82, 2.24) is 0 Å². The molecule has 0 unspecified atom stereocenters. The number of methoxy groups -OCH3 is 2. The highest BCUT2D eigenvalue weighted by Crippen LogP contribution is 2.12. The highest BCUT2D eigenvalue weighted by atomic mass is 16.5. The Hall–Kier alpha value is -3.47. The van der Waals surface area contributed by atoms with Crippen LogP contribution in [0.15, 0.2) is 70.7 Å². The standard InChI is InChI=1S/C23H25N3O2/c1-27-22-11-7-19(8-12-22)5-3-15-25-17-21(24)18-26-16-4-6-20-9-13-23(28-2)14-10-20/h3-16,24H,17-18H2,1-2H3/b5-3+,6-4+,24-21?,25-15?,26-16?. The van der Waals surface area contributed by atoms with Gasteiger partial charge in [0.2, 0.25) is 0 Å². The molecule has 0 fully saturated rings. The van der Waals surface area contributed by atoms with E-state index in [1.54, 1.807) is 26.6 Å². The maximum atomic E-state index is 7.87. The van der Waals surface area contributed by atoms with Crippen LogP contribution in [0.3, 0.4) is 0 Å². The Morgan fingerprint density at radius 3 is 1.50 bits per heavy atom. The number of nitrogens with zero attached hydrogens (tertiary/aromatic N) is 2. The van der Waals surface area contributed by atoms with Crippen LogP contribution in [-0.4, -0.2) is 45.4 Å². The van der Waals surface area contributed by atoms with Crippen molar-refractivity contribution in [3.05, 3.63) is 71.8 Å². The van der Waals surface area contributed by atoms with Gasteiger partial charge in [-0.2, -0.15) is 0 Å². The topological polar surface area (TPSA) is 67.0 Å². The van der Waals surface area contributed by atoms with Gasteiger partial charge in [-0.05, 0) is 47.5 Å². The Balaban J connectivity index is 1.68. The lowest BCUT2D eigenvalue weighted by Gasteiger charge is -1.98. The van der Waals surface area contributed by atoms with E-state index in [0.29, 0.717) is 18.8 Å². The van der Waals surface area contributed by atoms with Gasteiger partial charge in [-0.3, -0.25) is 9.98 Å². The van der Waals surface area contributed by atoms with Crippen LogP contribution in [0, 0.1) is 5.41 Å². The number of hydrogen-bond donors (Lipinski definition) is 1. The van der Waals surface area contributed by atoms with Crippen molar-refractivity contribution in [1.29, 1.82) is 5.41 Å². The minimum Gasteiger partial charge on any atom is -0.497 e. The molecule has 28 heavy (non-hydrogen) atoms. The summed E-state index contributed by atoms with van der Waals surface area (Å²) in [6.07, 6.45) is 11.0.